The van der Waals surface area contributed by atoms with Crippen LogP contribution in [0.25, 0.3) is 0 Å². The van der Waals surface area contributed by atoms with Crippen molar-refractivity contribution < 1.29 is 9.53 Å². The standard InChI is InChI=1S/C16H26O2/c1-11-7-8-12(2)16(5,6)15(11)10-9-13(3)18-14(4)17/h7,9-10,12-13,15H,8H2,1-6H3/t12-,13+,15-/m1/s1. The van der Waals surface area contributed by atoms with Gasteiger partial charge in [-0.25, -0.2) is 0 Å². The molecule has 0 fully saturated rings. The van der Waals surface area contributed by atoms with Crippen LogP contribution in [0, 0.1) is 17.3 Å². The van der Waals surface area contributed by atoms with Gasteiger partial charge in [0.05, 0.1) is 0 Å². The second-order valence-corrected chi connectivity index (χ2v) is 6.08. The molecule has 0 aromatic heterocycles. The fraction of sp³-hybridized carbons (Fsp3) is 0.688. The summed E-state index contributed by atoms with van der Waals surface area (Å²) in [6.07, 6.45) is 7.55. The van der Waals surface area contributed by atoms with Crippen molar-refractivity contribution in [3.8, 4) is 0 Å². The van der Waals surface area contributed by atoms with Crippen molar-refractivity contribution in [2.45, 2.75) is 54.1 Å². The molecule has 18 heavy (non-hydrogen) atoms. The first-order valence-electron chi connectivity index (χ1n) is 6.77. The van der Waals surface area contributed by atoms with Crippen molar-refractivity contribution in [2.75, 3.05) is 0 Å². The molecule has 102 valence electrons. The molecule has 2 heteroatoms. The highest BCUT2D eigenvalue weighted by Gasteiger charge is 2.36. The fourth-order valence-electron chi connectivity index (χ4n) is 2.66. The van der Waals surface area contributed by atoms with Gasteiger partial charge in [-0.3, -0.25) is 4.79 Å². The third kappa shape index (κ3) is 3.47. The van der Waals surface area contributed by atoms with E-state index in [9.17, 15) is 4.79 Å². The van der Waals surface area contributed by atoms with Crippen LogP contribution in [0.4, 0.5) is 0 Å². The zero-order valence-corrected chi connectivity index (χ0v) is 12.5. The summed E-state index contributed by atoms with van der Waals surface area (Å²) in [5, 5.41) is 0. The van der Waals surface area contributed by atoms with E-state index in [1.54, 1.807) is 0 Å². The molecule has 0 aromatic rings. The number of allylic oxidation sites excluding steroid dienone is 3. The third-order valence-electron chi connectivity index (χ3n) is 4.28. The lowest BCUT2D eigenvalue weighted by Gasteiger charge is -2.42. The molecule has 0 radical (unpaired) electrons. The zero-order chi connectivity index (χ0) is 13.9. The normalized spacial score (nSPS) is 28.9. The predicted molar refractivity (Wildman–Crippen MR) is 75.2 cm³/mol. The average molecular weight is 250 g/mol. The van der Waals surface area contributed by atoms with Crippen molar-refractivity contribution >= 4 is 5.97 Å². The molecule has 0 amide bonds. The second-order valence-electron chi connectivity index (χ2n) is 6.08. The van der Waals surface area contributed by atoms with E-state index < -0.39 is 0 Å². The van der Waals surface area contributed by atoms with Gasteiger partial charge in [0.2, 0.25) is 0 Å². The van der Waals surface area contributed by atoms with Gasteiger partial charge in [0.1, 0.15) is 6.10 Å². The van der Waals surface area contributed by atoms with E-state index in [4.69, 9.17) is 4.74 Å². The van der Waals surface area contributed by atoms with E-state index in [2.05, 4.69) is 39.8 Å². The highest BCUT2D eigenvalue weighted by Crippen LogP contribution is 2.45. The molecular weight excluding hydrogens is 224 g/mol. The van der Waals surface area contributed by atoms with Crippen LogP contribution < -0.4 is 0 Å². The summed E-state index contributed by atoms with van der Waals surface area (Å²) < 4.78 is 5.13. The number of rotatable bonds is 3. The zero-order valence-electron chi connectivity index (χ0n) is 12.5. The number of esters is 1. The molecule has 0 spiro atoms. The van der Waals surface area contributed by atoms with Crippen LogP contribution >= 0.6 is 0 Å². The first kappa shape index (κ1) is 15.0. The number of hydrogen-bond donors (Lipinski definition) is 0. The van der Waals surface area contributed by atoms with Crippen LogP contribution in [-0.2, 0) is 9.53 Å². The minimum atomic E-state index is -0.226. The van der Waals surface area contributed by atoms with Gasteiger partial charge in [-0.05, 0) is 37.7 Å². The maximum Gasteiger partial charge on any atom is 0.303 e. The van der Waals surface area contributed by atoms with Crippen LogP contribution in [0.1, 0.15) is 48.0 Å². The summed E-state index contributed by atoms with van der Waals surface area (Å²) in [4.78, 5) is 10.9. The van der Waals surface area contributed by atoms with Crippen molar-refractivity contribution in [1.82, 2.24) is 0 Å². The minimum absolute atomic E-state index is 0.150. The molecule has 2 nitrogen and oxygen atoms in total. The van der Waals surface area contributed by atoms with Crippen LogP contribution in [0.2, 0.25) is 0 Å². The number of carbonyl (C=O) groups is 1. The highest BCUT2D eigenvalue weighted by molar-refractivity contribution is 5.66. The molecule has 3 atom stereocenters. The van der Waals surface area contributed by atoms with Crippen molar-refractivity contribution in [3.05, 3.63) is 23.8 Å². The topological polar surface area (TPSA) is 26.3 Å². The van der Waals surface area contributed by atoms with Crippen LogP contribution in [0.15, 0.2) is 23.8 Å². The quantitative estimate of drug-likeness (QED) is 0.556. The Balaban J connectivity index is 2.80. The van der Waals surface area contributed by atoms with Gasteiger partial charge < -0.3 is 4.74 Å². The Bertz CT molecular complexity index is 363. The summed E-state index contributed by atoms with van der Waals surface area (Å²) in [5.41, 5.74) is 1.68. The molecule has 0 saturated carbocycles. The predicted octanol–water partition coefficient (Wildman–Crippen LogP) is 4.12. The maximum absolute atomic E-state index is 10.9. The Labute approximate surface area is 111 Å². The van der Waals surface area contributed by atoms with Gasteiger partial charge in [0, 0.05) is 12.8 Å². The van der Waals surface area contributed by atoms with Crippen molar-refractivity contribution in [3.63, 3.8) is 0 Å². The van der Waals surface area contributed by atoms with Crippen LogP contribution in [0.3, 0.4) is 0 Å². The summed E-state index contributed by atoms with van der Waals surface area (Å²) in [6, 6.07) is 0. The van der Waals surface area contributed by atoms with Crippen LogP contribution in [-0.4, -0.2) is 12.1 Å². The van der Waals surface area contributed by atoms with Gasteiger partial charge in [-0.15, -0.1) is 0 Å². The Morgan fingerprint density at radius 3 is 2.72 bits per heavy atom. The minimum Gasteiger partial charge on any atom is -0.459 e. The van der Waals surface area contributed by atoms with E-state index in [0.29, 0.717) is 11.8 Å². The number of ether oxygens (including phenoxy) is 1. The highest BCUT2D eigenvalue weighted by atomic mass is 16.5. The Hall–Kier alpha value is -1.05. The second kappa shape index (κ2) is 5.73. The van der Waals surface area contributed by atoms with Gasteiger partial charge in [0.25, 0.3) is 0 Å². The lowest BCUT2D eigenvalue weighted by molar-refractivity contribution is -0.143. The Morgan fingerprint density at radius 1 is 1.56 bits per heavy atom. The van der Waals surface area contributed by atoms with E-state index in [0.717, 1.165) is 6.42 Å². The first-order valence-corrected chi connectivity index (χ1v) is 6.77. The van der Waals surface area contributed by atoms with Gasteiger partial charge >= 0.3 is 5.97 Å². The van der Waals surface area contributed by atoms with Crippen molar-refractivity contribution in [2.24, 2.45) is 17.3 Å². The number of hydrogen-bond acceptors (Lipinski definition) is 2. The Morgan fingerprint density at radius 2 is 2.17 bits per heavy atom. The average Bonchev–Trinajstić information content (AvgIpc) is 2.22. The van der Waals surface area contributed by atoms with Crippen LogP contribution in [0.5, 0.6) is 0 Å². The molecule has 0 unspecified atom stereocenters. The largest absolute Gasteiger partial charge is 0.459 e. The van der Waals surface area contributed by atoms with E-state index in [-0.39, 0.29) is 17.5 Å². The summed E-state index contributed by atoms with van der Waals surface area (Å²) in [6.45, 7) is 12.5. The van der Waals surface area contributed by atoms with E-state index in [1.165, 1.54) is 12.5 Å². The summed E-state index contributed by atoms with van der Waals surface area (Å²) in [7, 11) is 0. The number of carbonyl (C=O) groups excluding carboxylic acids is 1. The van der Waals surface area contributed by atoms with E-state index in [1.807, 2.05) is 13.0 Å². The smallest absolute Gasteiger partial charge is 0.303 e. The molecule has 0 aliphatic heterocycles. The molecule has 0 bridgehead atoms. The first-order chi connectivity index (χ1) is 8.25. The molecular formula is C16H26O2. The molecule has 1 aliphatic rings. The summed E-state index contributed by atoms with van der Waals surface area (Å²) >= 11 is 0. The maximum atomic E-state index is 10.9. The van der Waals surface area contributed by atoms with Gasteiger partial charge in [-0.2, -0.15) is 0 Å². The summed E-state index contributed by atoms with van der Waals surface area (Å²) in [5.74, 6) is 0.870. The lowest BCUT2D eigenvalue weighted by atomic mass is 9.63. The molecule has 1 aliphatic carbocycles. The van der Waals surface area contributed by atoms with Crippen molar-refractivity contribution in [1.29, 1.82) is 0 Å². The van der Waals surface area contributed by atoms with E-state index >= 15 is 0 Å². The molecule has 1 rings (SSSR count). The molecule has 0 N–H and O–H groups in total. The third-order valence-corrected chi connectivity index (χ3v) is 4.28. The Kier molecular flexibility index (Phi) is 4.78. The monoisotopic (exact) mass is 250 g/mol. The molecule has 0 aromatic carbocycles. The SMILES string of the molecule is CC(=O)O[C@@H](C)C=C[C@@H]1C(C)=CC[C@@H](C)C1(C)C. The molecule has 0 saturated heterocycles. The van der Waals surface area contributed by atoms with Gasteiger partial charge in [0.15, 0.2) is 0 Å². The lowest BCUT2D eigenvalue weighted by Crippen LogP contribution is -2.33. The fourth-order valence-corrected chi connectivity index (χ4v) is 2.66. The molecule has 0 heterocycles. The van der Waals surface area contributed by atoms with Gasteiger partial charge in [-0.1, -0.05) is 38.5 Å².